The maximum Gasteiger partial charge on any atom is 0.305 e. The first-order valence-corrected chi connectivity index (χ1v) is 12.4. The minimum absolute atomic E-state index is 0.0743. The summed E-state index contributed by atoms with van der Waals surface area (Å²) in [4.78, 5) is 28.3. The van der Waals surface area contributed by atoms with Crippen molar-refractivity contribution in [3.63, 3.8) is 0 Å². The van der Waals surface area contributed by atoms with E-state index in [1.807, 2.05) is 0 Å². The largest absolute Gasteiger partial charge is 0.481 e. The van der Waals surface area contributed by atoms with Gasteiger partial charge in [0.1, 0.15) is 5.25 Å². The van der Waals surface area contributed by atoms with Crippen LogP contribution in [-0.4, -0.2) is 44.4 Å². The number of carboxylic acid groups (broad SMARTS) is 1. The summed E-state index contributed by atoms with van der Waals surface area (Å²) in [5.41, 5.74) is 1.83. The van der Waals surface area contributed by atoms with E-state index in [9.17, 15) is 23.1 Å². The Labute approximate surface area is 202 Å². The van der Waals surface area contributed by atoms with Crippen LogP contribution in [0.1, 0.15) is 27.6 Å². The number of hydrogen-bond acceptors (Lipinski definition) is 7. The molecule has 0 fully saturated rings. The summed E-state index contributed by atoms with van der Waals surface area (Å²) >= 11 is 0. The van der Waals surface area contributed by atoms with Crippen molar-refractivity contribution in [2.45, 2.75) is 16.6 Å². The molecule has 1 aliphatic heterocycles. The monoisotopic (exact) mass is 492 g/mol. The molecule has 1 amide bonds. The molecule has 4 N–H and O–H groups in total. The summed E-state index contributed by atoms with van der Waals surface area (Å²) in [7, 11) is -4.05. The normalized spacial score (nSPS) is 13.9. The number of carbonyl (C=O) groups excluding carboxylic acids is 1. The lowest BCUT2D eigenvalue weighted by molar-refractivity contribution is -0.137. The molecular formula is C25H24N4O5S. The molecule has 3 aromatic rings. The smallest absolute Gasteiger partial charge is 0.305 e. The highest BCUT2D eigenvalue weighted by Gasteiger charge is 2.31. The van der Waals surface area contributed by atoms with Gasteiger partial charge in [-0.3, -0.25) is 14.6 Å². The van der Waals surface area contributed by atoms with E-state index in [0.717, 1.165) is 12.2 Å². The number of sulfone groups is 1. The fraction of sp³-hybridized carbons (Fsp3) is 0.160. The second kappa shape index (κ2) is 10.4. The predicted octanol–water partition coefficient (Wildman–Crippen LogP) is 3.30. The minimum Gasteiger partial charge on any atom is -0.481 e. The first-order valence-electron chi connectivity index (χ1n) is 10.9. The second-order valence-corrected chi connectivity index (χ2v) is 10.0. The van der Waals surface area contributed by atoms with Crippen LogP contribution in [0.15, 0.2) is 88.8 Å². The third kappa shape index (κ3) is 5.85. The summed E-state index contributed by atoms with van der Waals surface area (Å²) in [5.74, 6) is -0.954. The van der Waals surface area contributed by atoms with E-state index in [1.54, 1.807) is 60.7 Å². The Kier molecular flexibility index (Phi) is 7.11. The highest BCUT2D eigenvalue weighted by Crippen LogP contribution is 2.33. The molecule has 10 heteroatoms. The van der Waals surface area contributed by atoms with Crippen molar-refractivity contribution >= 4 is 39.0 Å². The number of benzene rings is 3. The van der Waals surface area contributed by atoms with Crippen LogP contribution in [0.3, 0.4) is 0 Å². The number of rotatable bonds is 8. The Morgan fingerprint density at radius 3 is 2.37 bits per heavy atom. The van der Waals surface area contributed by atoms with Crippen molar-refractivity contribution in [3.05, 3.63) is 90.0 Å². The number of carboxylic acids is 1. The quantitative estimate of drug-likeness (QED) is 0.379. The number of amides is 1. The van der Waals surface area contributed by atoms with Gasteiger partial charge < -0.3 is 21.1 Å². The molecular weight excluding hydrogens is 468 g/mol. The van der Waals surface area contributed by atoms with E-state index in [0.29, 0.717) is 23.6 Å². The molecule has 0 bridgehead atoms. The average molecular weight is 493 g/mol. The minimum atomic E-state index is -4.05. The third-order valence-corrected chi connectivity index (χ3v) is 7.51. The van der Waals surface area contributed by atoms with Crippen LogP contribution < -0.4 is 16.0 Å². The fourth-order valence-electron chi connectivity index (χ4n) is 3.67. The number of carbonyl (C=O) groups is 2. The molecule has 0 saturated carbocycles. The van der Waals surface area contributed by atoms with Gasteiger partial charge in [0.25, 0.3) is 5.91 Å². The Bertz CT molecular complexity index is 1360. The Morgan fingerprint density at radius 1 is 0.971 bits per heavy atom. The number of nitrogens with one attached hydrogen (secondary N) is 3. The molecule has 1 atom stereocenters. The average Bonchev–Trinajstić information content (AvgIpc) is 3.36. The lowest BCUT2D eigenvalue weighted by Gasteiger charge is -2.17. The molecule has 180 valence electrons. The molecule has 9 nitrogen and oxygen atoms in total. The summed E-state index contributed by atoms with van der Waals surface area (Å²) in [6.07, 6.45) is -0.578. The highest BCUT2D eigenvalue weighted by atomic mass is 32.2. The van der Waals surface area contributed by atoms with E-state index < -0.39 is 33.4 Å². The van der Waals surface area contributed by atoms with Crippen molar-refractivity contribution in [1.82, 2.24) is 5.32 Å². The molecule has 0 spiro atoms. The van der Waals surface area contributed by atoms with Gasteiger partial charge in [0.2, 0.25) is 0 Å². The maximum absolute atomic E-state index is 13.4. The first-order chi connectivity index (χ1) is 16.8. The number of aliphatic imine (C=N–C) groups is 1. The summed E-state index contributed by atoms with van der Waals surface area (Å²) in [5, 5.41) is 17.0. The Hall–Kier alpha value is -4.18. The molecule has 1 unspecified atom stereocenters. The molecule has 0 aromatic heterocycles. The van der Waals surface area contributed by atoms with Gasteiger partial charge in [-0.1, -0.05) is 36.4 Å². The van der Waals surface area contributed by atoms with E-state index in [1.165, 1.54) is 18.2 Å². The predicted molar refractivity (Wildman–Crippen MR) is 133 cm³/mol. The standard InChI is InChI=1S/C25H24N4O5S/c30-23(31)16-22(17-5-2-1-3-6-17)35(33,34)21-8-4-7-20(15-21)28-24(32)18-9-11-19(12-10-18)29-25-26-13-14-27-25/h1-12,15,22H,13-14,16H2,(H,28,32)(H,30,31)(H2,26,27,29). The Balaban J connectivity index is 1.52. The van der Waals surface area contributed by atoms with Crippen molar-refractivity contribution in [3.8, 4) is 0 Å². The second-order valence-electron chi connectivity index (χ2n) is 7.88. The lowest BCUT2D eigenvalue weighted by atomic mass is 10.1. The van der Waals surface area contributed by atoms with Crippen molar-refractivity contribution in [2.24, 2.45) is 4.99 Å². The van der Waals surface area contributed by atoms with Gasteiger partial charge in [0.05, 0.1) is 17.9 Å². The zero-order chi connectivity index (χ0) is 24.8. The van der Waals surface area contributed by atoms with E-state index in [4.69, 9.17) is 0 Å². The third-order valence-electron chi connectivity index (χ3n) is 5.41. The number of aliphatic carboxylic acids is 1. The molecule has 0 radical (unpaired) electrons. The van der Waals surface area contributed by atoms with Crippen LogP contribution in [0.2, 0.25) is 0 Å². The number of anilines is 2. The van der Waals surface area contributed by atoms with Crippen molar-refractivity contribution < 1.29 is 23.1 Å². The zero-order valence-electron chi connectivity index (χ0n) is 18.6. The van der Waals surface area contributed by atoms with E-state index >= 15 is 0 Å². The number of nitrogens with zero attached hydrogens (tertiary/aromatic N) is 1. The van der Waals surface area contributed by atoms with Crippen molar-refractivity contribution in [1.29, 1.82) is 0 Å². The summed E-state index contributed by atoms with van der Waals surface area (Å²) in [6, 6.07) is 20.8. The number of hydrogen-bond donors (Lipinski definition) is 4. The molecule has 35 heavy (non-hydrogen) atoms. The zero-order valence-corrected chi connectivity index (χ0v) is 19.5. The van der Waals surface area contributed by atoms with Crippen LogP contribution in [0.4, 0.5) is 11.4 Å². The van der Waals surface area contributed by atoms with Crippen LogP contribution >= 0.6 is 0 Å². The van der Waals surface area contributed by atoms with Gasteiger partial charge in [-0.2, -0.15) is 0 Å². The van der Waals surface area contributed by atoms with E-state index in [-0.39, 0.29) is 10.6 Å². The molecule has 1 heterocycles. The number of guanidine groups is 1. The molecule has 4 rings (SSSR count). The van der Waals surface area contributed by atoms with Gasteiger partial charge in [-0.05, 0) is 48.0 Å². The molecule has 0 saturated heterocycles. The fourth-order valence-corrected chi connectivity index (χ4v) is 5.44. The van der Waals surface area contributed by atoms with Gasteiger partial charge in [-0.15, -0.1) is 0 Å². The Morgan fingerprint density at radius 2 is 1.71 bits per heavy atom. The summed E-state index contributed by atoms with van der Waals surface area (Å²) in [6.45, 7) is 1.49. The summed E-state index contributed by atoms with van der Waals surface area (Å²) < 4.78 is 26.7. The van der Waals surface area contributed by atoms with Crippen LogP contribution in [0.5, 0.6) is 0 Å². The van der Waals surface area contributed by atoms with Crippen LogP contribution in [0.25, 0.3) is 0 Å². The van der Waals surface area contributed by atoms with Crippen molar-refractivity contribution in [2.75, 3.05) is 23.7 Å². The van der Waals surface area contributed by atoms with E-state index in [2.05, 4.69) is 20.9 Å². The highest BCUT2D eigenvalue weighted by molar-refractivity contribution is 7.91. The van der Waals surface area contributed by atoms with Gasteiger partial charge in [0.15, 0.2) is 15.8 Å². The maximum atomic E-state index is 13.4. The topological polar surface area (TPSA) is 137 Å². The van der Waals surface area contributed by atoms with Gasteiger partial charge in [-0.25, -0.2) is 8.42 Å². The van der Waals surface area contributed by atoms with Crippen LogP contribution in [0, 0.1) is 0 Å². The van der Waals surface area contributed by atoms with Crippen LogP contribution in [-0.2, 0) is 14.6 Å². The molecule has 0 aliphatic carbocycles. The molecule has 3 aromatic carbocycles. The molecule has 1 aliphatic rings. The SMILES string of the molecule is O=C(O)CC(c1ccccc1)S(=O)(=O)c1cccc(NC(=O)c2ccc(NC3=NCCN3)cc2)c1. The van der Waals surface area contributed by atoms with Gasteiger partial charge >= 0.3 is 5.97 Å². The lowest BCUT2D eigenvalue weighted by Crippen LogP contribution is -2.26. The first kappa shape index (κ1) is 24.0. The van der Waals surface area contributed by atoms with Gasteiger partial charge in [0, 0.05) is 23.5 Å².